The van der Waals surface area contributed by atoms with Crippen molar-refractivity contribution >= 4 is 11.6 Å². The van der Waals surface area contributed by atoms with Crippen molar-refractivity contribution in [3.63, 3.8) is 0 Å². The van der Waals surface area contributed by atoms with E-state index in [9.17, 15) is 0 Å². The quantitative estimate of drug-likeness (QED) is 0.776. The van der Waals surface area contributed by atoms with Crippen LogP contribution in [0.2, 0.25) is 5.02 Å². The Kier molecular flexibility index (Phi) is 5.28. The normalized spacial score (nSPS) is 29.5. The fourth-order valence-corrected chi connectivity index (χ4v) is 3.36. The monoisotopic (exact) mass is 307 g/mol. The van der Waals surface area contributed by atoms with E-state index in [2.05, 4.69) is 17.1 Å². The second kappa shape index (κ2) is 7.39. The lowest BCUT2D eigenvalue weighted by atomic mass is 9.82. The number of hydrogen-bond acceptors (Lipinski definition) is 3. The summed E-state index contributed by atoms with van der Waals surface area (Å²) in [4.78, 5) is 4.48. The highest BCUT2D eigenvalue weighted by molar-refractivity contribution is 6.31. The van der Waals surface area contributed by atoms with Gasteiger partial charge in [-0.15, -0.1) is 0 Å². The Morgan fingerprint density at radius 3 is 3.10 bits per heavy atom. The summed E-state index contributed by atoms with van der Waals surface area (Å²) in [5.41, 5.74) is 0.966. The molecule has 114 valence electrons. The molecule has 0 aromatic carbocycles. The Morgan fingerprint density at radius 1 is 1.33 bits per heavy atom. The van der Waals surface area contributed by atoms with Gasteiger partial charge in [-0.25, -0.2) is 0 Å². The van der Waals surface area contributed by atoms with Gasteiger partial charge in [0.25, 0.3) is 0 Å². The van der Waals surface area contributed by atoms with Gasteiger partial charge in [0.1, 0.15) is 0 Å². The molecule has 1 saturated heterocycles. The van der Waals surface area contributed by atoms with Gasteiger partial charge < -0.3 is 9.47 Å². The molecule has 0 saturated carbocycles. The van der Waals surface area contributed by atoms with Crippen LogP contribution in [0.25, 0.3) is 0 Å². The molecule has 1 aromatic heterocycles. The van der Waals surface area contributed by atoms with E-state index in [0.717, 1.165) is 43.0 Å². The van der Waals surface area contributed by atoms with Crippen molar-refractivity contribution in [2.24, 2.45) is 5.92 Å². The molecule has 1 fully saturated rings. The number of rotatable bonds is 4. The van der Waals surface area contributed by atoms with Crippen LogP contribution in [0.3, 0.4) is 0 Å². The van der Waals surface area contributed by atoms with E-state index in [0.29, 0.717) is 12.5 Å². The van der Waals surface area contributed by atoms with Gasteiger partial charge in [-0.1, -0.05) is 23.8 Å². The minimum Gasteiger partial charge on any atom is -0.353 e. The lowest BCUT2D eigenvalue weighted by molar-refractivity contribution is -0.170. The summed E-state index contributed by atoms with van der Waals surface area (Å²) in [5.74, 6) is 0.670. The molecule has 4 heteroatoms. The number of ether oxygens (including phenoxy) is 2. The van der Waals surface area contributed by atoms with Crippen LogP contribution in [-0.2, 0) is 9.47 Å². The summed E-state index contributed by atoms with van der Waals surface area (Å²) in [7, 11) is 0. The summed E-state index contributed by atoms with van der Waals surface area (Å²) in [6.45, 7) is 1.54. The van der Waals surface area contributed by atoms with E-state index in [1.807, 2.05) is 18.3 Å². The maximum absolute atomic E-state index is 6.31. The highest BCUT2D eigenvalue weighted by Crippen LogP contribution is 2.36. The van der Waals surface area contributed by atoms with Crippen LogP contribution in [0.1, 0.15) is 43.7 Å². The molecule has 0 spiro atoms. The van der Waals surface area contributed by atoms with Crippen molar-refractivity contribution in [3.05, 3.63) is 41.2 Å². The third-order valence-electron chi connectivity index (χ3n) is 4.29. The van der Waals surface area contributed by atoms with Crippen LogP contribution < -0.4 is 0 Å². The maximum atomic E-state index is 6.31. The first-order chi connectivity index (χ1) is 10.3. The second-order valence-corrected chi connectivity index (χ2v) is 6.20. The van der Waals surface area contributed by atoms with Crippen LogP contribution >= 0.6 is 11.6 Å². The average molecular weight is 308 g/mol. The van der Waals surface area contributed by atoms with Gasteiger partial charge >= 0.3 is 0 Å². The van der Waals surface area contributed by atoms with Crippen molar-refractivity contribution < 1.29 is 9.47 Å². The van der Waals surface area contributed by atoms with Gasteiger partial charge in [-0.3, -0.25) is 4.98 Å². The zero-order valence-corrected chi connectivity index (χ0v) is 13.0. The summed E-state index contributed by atoms with van der Waals surface area (Å²) >= 11 is 6.31. The van der Waals surface area contributed by atoms with Gasteiger partial charge in [-0.2, -0.15) is 0 Å². The van der Waals surface area contributed by atoms with E-state index in [1.165, 1.54) is 6.42 Å². The molecule has 3 nitrogen and oxygen atoms in total. The van der Waals surface area contributed by atoms with E-state index in [1.54, 1.807) is 0 Å². The van der Waals surface area contributed by atoms with Gasteiger partial charge in [-0.05, 0) is 50.2 Å². The number of hydrogen-bond donors (Lipinski definition) is 0. The first-order valence-electron chi connectivity index (χ1n) is 7.85. The van der Waals surface area contributed by atoms with Crippen LogP contribution in [-0.4, -0.2) is 24.5 Å². The smallest absolute Gasteiger partial charge is 0.157 e. The molecule has 0 radical (unpaired) electrons. The van der Waals surface area contributed by atoms with Gasteiger partial charge in [0.2, 0.25) is 0 Å². The molecular formula is C17H22ClNO2. The summed E-state index contributed by atoms with van der Waals surface area (Å²) < 4.78 is 11.6. The Bertz CT molecular complexity index is 485. The average Bonchev–Trinajstić information content (AvgIpc) is 2.55. The second-order valence-electron chi connectivity index (χ2n) is 5.79. The SMILES string of the molecule is Clc1cccnc1C1C=CCC[C@@H]1COC1CCCCO1. The van der Waals surface area contributed by atoms with Crippen molar-refractivity contribution in [2.75, 3.05) is 13.2 Å². The third-order valence-corrected chi connectivity index (χ3v) is 4.61. The molecule has 2 heterocycles. The van der Waals surface area contributed by atoms with Crippen LogP contribution in [0, 0.1) is 5.92 Å². The van der Waals surface area contributed by atoms with Crippen LogP contribution in [0.15, 0.2) is 30.5 Å². The number of aromatic nitrogens is 1. The molecule has 2 unspecified atom stereocenters. The lowest BCUT2D eigenvalue weighted by Crippen LogP contribution is -2.28. The Labute approximate surface area is 131 Å². The standard InChI is InChI=1S/C17H22ClNO2/c18-15-8-5-10-19-17(15)14-7-2-1-6-13(14)12-21-16-9-3-4-11-20-16/h2,5,7-8,10,13-14,16H,1,3-4,6,9,11-12H2/t13-,14?,16?/m1/s1. The molecule has 3 rings (SSSR count). The van der Waals surface area contributed by atoms with Crippen molar-refractivity contribution in [1.82, 2.24) is 4.98 Å². The van der Waals surface area contributed by atoms with E-state index >= 15 is 0 Å². The number of halogens is 1. The molecule has 0 bridgehead atoms. The highest BCUT2D eigenvalue weighted by Gasteiger charge is 2.27. The van der Waals surface area contributed by atoms with E-state index in [-0.39, 0.29) is 12.2 Å². The molecule has 1 aliphatic heterocycles. The van der Waals surface area contributed by atoms with Crippen molar-refractivity contribution in [2.45, 2.75) is 44.3 Å². The predicted molar refractivity (Wildman–Crippen MR) is 83.4 cm³/mol. The van der Waals surface area contributed by atoms with Crippen LogP contribution in [0.4, 0.5) is 0 Å². The Hall–Kier alpha value is -0.900. The molecule has 0 N–H and O–H groups in total. The molecule has 1 aliphatic carbocycles. The fraction of sp³-hybridized carbons (Fsp3) is 0.588. The molecule has 2 aliphatic rings. The summed E-state index contributed by atoms with van der Waals surface area (Å²) in [6.07, 6.45) is 11.8. The van der Waals surface area contributed by atoms with Gasteiger partial charge in [0.15, 0.2) is 6.29 Å². The third kappa shape index (κ3) is 3.85. The Morgan fingerprint density at radius 2 is 2.29 bits per heavy atom. The van der Waals surface area contributed by atoms with Crippen LogP contribution in [0.5, 0.6) is 0 Å². The zero-order valence-electron chi connectivity index (χ0n) is 12.2. The molecule has 0 amide bonds. The first kappa shape index (κ1) is 15.0. The predicted octanol–water partition coefficient (Wildman–Crippen LogP) is 4.33. The fourth-order valence-electron chi connectivity index (χ4n) is 3.11. The minimum atomic E-state index is -0.0236. The van der Waals surface area contributed by atoms with Gasteiger partial charge in [0.05, 0.1) is 17.3 Å². The largest absolute Gasteiger partial charge is 0.353 e. The zero-order chi connectivity index (χ0) is 14.5. The lowest BCUT2D eigenvalue weighted by Gasteiger charge is -2.30. The first-order valence-corrected chi connectivity index (χ1v) is 8.22. The summed E-state index contributed by atoms with van der Waals surface area (Å²) in [6, 6.07) is 3.79. The molecule has 21 heavy (non-hydrogen) atoms. The number of nitrogens with zero attached hydrogens (tertiary/aromatic N) is 1. The van der Waals surface area contributed by atoms with Crippen molar-refractivity contribution in [3.8, 4) is 0 Å². The van der Waals surface area contributed by atoms with E-state index in [4.69, 9.17) is 21.1 Å². The topological polar surface area (TPSA) is 31.4 Å². The Balaban J connectivity index is 1.65. The van der Waals surface area contributed by atoms with Crippen molar-refractivity contribution in [1.29, 1.82) is 0 Å². The maximum Gasteiger partial charge on any atom is 0.157 e. The molecule has 3 atom stereocenters. The van der Waals surface area contributed by atoms with E-state index < -0.39 is 0 Å². The number of allylic oxidation sites excluding steroid dienone is 2. The summed E-state index contributed by atoms with van der Waals surface area (Å²) in [5, 5.41) is 0.743. The highest BCUT2D eigenvalue weighted by atomic mass is 35.5. The molecular weight excluding hydrogens is 286 g/mol. The van der Waals surface area contributed by atoms with Gasteiger partial charge in [0, 0.05) is 18.7 Å². The molecule has 1 aromatic rings. The minimum absolute atomic E-state index is 0.0236. The number of pyridine rings is 1.